The number of nitrogens with two attached hydrogens (primary N) is 1. The molecule has 0 saturated heterocycles. The number of hydrogen-bond donors (Lipinski definition) is 1. The number of halogens is 2. The van der Waals surface area contributed by atoms with E-state index in [1.165, 1.54) is 18.2 Å². The van der Waals surface area contributed by atoms with Crippen molar-refractivity contribution in [2.45, 2.75) is 0 Å². The van der Waals surface area contributed by atoms with E-state index in [-0.39, 0.29) is 17.4 Å². The molecule has 0 unspecified atom stereocenters. The second-order valence-electron chi connectivity index (χ2n) is 2.33. The quantitative estimate of drug-likeness (QED) is 0.850. The molecule has 0 atom stereocenters. The van der Waals surface area contributed by atoms with E-state index in [9.17, 15) is 4.39 Å². The Bertz CT molecular complexity index is 332. The van der Waals surface area contributed by atoms with Crippen molar-refractivity contribution in [1.29, 1.82) is 0 Å². The highest BCUT2D eigenvalue weighted by Crippen LogP contribution is 2.25. The predicted molar refractivity (Wildman–Crippen MR) is 56.4 cm³/mol. The number of thiocarbonyl (C=S) groups is 1. The van der Waals surface area contributed by atoms with Gasteiger partial charge in [0.2, 0.25) is 0 Å². The van der Waals surface area contributed by atoms with E-state index in [0.717, 1.165) is 0 Å². The van der Waals surface area contributed by atoms with Crippen molar-refractivity contribution in [3.8, 4) is 5.75 Å². The Morgan fingerprint density at radius 2 is 2.31 bits per heavy atom. The van der Waals surface area contributed by atoms with Crippen LogP contribution in [0.4, 0.5) is 4.39 Å². The highest BCUT2D eigenvalue weighted by molar-refractivity contribution is 9.10. The van der Waals surface area contributed by atoms with Crippen molar-refractivity contribution in [2.24, 2.45) is 5.73 Å². The fourth-order valence-electron chi connectivity index (χ4n) is 0.741. The van der Waals surface area contributed by atoms with Crippen LogP contribution in [0.25, 0.3) is 0 Å². The minimum absolute atomic E-state index is 0.152. The van der Waals surface area contributed by atoms with E-state index in [4.69, 9.17) is 10.5 Å². The second-order valence-corrected chi connectivity index (χ2v) is 3.71. The van der Waals surface area contributed by atoms with Crippen molar-refractivity contribution in [3.05, 3.63) is 28.5 Å². The van der Waals surface area contributed by atoms with Gasteiger partial charge in [-0.1, -0.05) is 12.2 Å². The highest BCUT2D eigenvalue weighted by atomic mass is 79.9. The number of rotatable bonds is 3. The van der Waals surface area contributed by atoms with E-state index in [1.54, 1.807) is 0 Å². The molecule has 0 bridgehead atoms. The molecule has 5 heteroatoms. The van der Waals surface area contributed by atoms with Crippen LogP contribution in [0.2, 0.25) is 0 Å². The average molecular weight is 264 g/mol. The lowest BCUT2D eigenvalue weighted by Gasteiger charge is -2.06. The smallest absolute Gasteiger partial charge is 0.138 e. The molecular weight excluding hydrogens is 257 g/mol. The minimum Gasteiger partial charge on any atom is -0.485 e. The predicted octanol–water partition coefficient (Wildman–Crippen LogP) is 2.25. The molecule has 13 heavy (non-hydrogen) atoms. The van der Waals surface area contributed by atoms with Gasteiger partial charge in [0.1, 0.15) is 23.2 Å². The molecule has 0 saturated carbocycles. The largest absolute Gasteiger partial charge is 0.485 e. The molecule has 0 amide bonds. The Morgan fingerprint density at radius 3 is 2.85 bits per heavy atom. The molecule has 70 valence electrons. The van der Waals surface area contributed by atoms with Crippen molar-refractivity contribution in [3.63, 3.8) is 0 Å². The molecular formula is C8H7BrFNOS. The maximum atomic E-state index is 12.6. The summed E-state index contributed by atoms with van der Waals surface area (Å²) in [6.07, 6.45) is 0. The van der Waals surface area contributed by atoms with Gasteiger partial charge in [0, 0.05) is 0 Å². The van der Waals surface area contributed by atoms with Crippen LogP contribution in [0.5, 0.6) is 5.75 Å². The lowest BCUT2D eigenvalue weighted by Crippen LogP contribution is -2.17. The molecule has 0 heterocycles. The van der Waals surface area contributed by atoms with Crippen LogP contribution in [0.1, 0.15) is 0 Å². The van der Waals surface area contributed by atoms with Crippen LogP contribution in [-0.2, 0) is 0 Å². The average Bonchev–Trinajstić information content (AvgIpc) is 2.02. The fraction of sp³-hybridized carbons (Fsp3) is 0.125. The van der Waals surface area contributed by atoms with Crippen LogP contribution < -0.4 is 10.5 Å². The van der Waals surface area contributed by atoms with E-state index in [1.807, 2.05) is 0 Å². The Balaban J connectivity index is 2.72. The molecule has 1 aromatic rings. The molecule has 0 aliphatic carbocycles. The Morgan fingerprint density at radius 1 is 1.62 bits per heavy atom. The SMILES string of the molecule is NC(=S)COc1ccc(F)cc1Br. The lowest BCUT2D eigenvalue weighted by molar-refractivity contribution is 0.374. The molecule has 0 aromatic heterocycles. The van der Waals surface area contributed by atoms with E-state index >= 15 is 0 Å². The third-order valence-electron chi connectivity index (χ3n) is 1.26. The second kappa shape index (κ2) is 4.53. The molecule has 0 aliphatic heterocycles. The Labute approximate surface area is 89.0 Å². The van der Waals surface area contributed by atoms with Crippen LogP contribution in [0.3, 0.4) is 0 Å². The van der Waals surface area contributed by atoms with Gasteiger partial charge >= 0.3 is 0 Å². The van der Waals surface area contributed by atoms with Gasteiger partial charge in [-0.2, -0.15) is 0 Å². The number of ether oxygens (including phenoxy) is 1. The summed E-state index contributed by atoms with van der Waals surface area (Å²) in [7, 11) is 0. The van der Waals surface area contributed by atoms with Crippen LogP contribution in [0, 0.1) is 5.82 Å². The zero-order valence-corrected chi connectivity index (χ0v) is 8.99. The molecule has 2 N–H and O–H groups in total. The number of hydrogen-bond acceptors (Lipinski definition) is 2. The van der Waals surface area contributed by atoms with E-state index in [2.05, 4.69) is 28.1 Å². The first kappa shape index (κ1) is 10.4. The van der Waals surface area contributed by atoms with Crippen molar-refractivity contribution >= 4 is 33.1 Å². The fourth-order valence-corrected chi connectivity index (χ4v) is 1.27. The summed E-state index contributed by atoms with van der Waals surface area (Å²) in [6.45, 7) is 0.152. The van der Waals surface area contributed by atoms with Gasteiger partial charge in [-0.05, 0) is 34.1 Å². The van der Waals surface area contributed by atoms with E-state index < -0.39 is 0 Å². The summed E-state index contributed by atoms with van der Waals surface area (Å²) >= 11 is 7.78. The summed E-state index contributed by atoms with van der Waals surface area (Å²) in [5.74, 6) is 0.198. The third kappa shape index (κ3) is 3.28. The van der Waals surface area contributed by atoms with Gasteiger partial charge < -0.3 is 10.5 Å². The molecule has 0 radical (unpaired) electrons. The molecule has 1 aromatic carbocycles. The minimum atomic E-state index is -0.324. The normalized spacial score (nSPS) is 9.69. The van der Waals surface area contributed by atoms with Crippen molar-refractivity contribution in [2.75, 3.05) is 6.61 Å². The third-order valence-corrected chi connectivity index (χ3v) is 2.00. The van der Waals surface area contributed by atoms with Gasteiger partial charge in [-0.25, -0.2) is 4.39 Å². The van der Waals surface area contributed by atoms with Gasteiger partial charge in [0.15, 0.2) is 0 Å². The lowest BCUT2D eigenvalue weighted by atomic mass is 10.3. The molecule has 0 fully saturated rings. The summed E-state index contributed by atoms with van der Waals surface area (Å²) in [5, 5.41) is 0. The first-order valence-corrected chi connectivity index (χ1v) is 4.66. The molecule has 1 rings (SSSR count). The zero-order valence-electron chi connectivity index (χ0n) is 6.59. The van der Waals surface area contributed by atoms with Gasteiger partial charge in [-0.3, -0.25) is 0 Å². The summed E-state index contributed by atoms with van der Waals surface area (Å²) in [4.78, 5) is 0.260. The van der Waals surface area contributed by atoms with Crippen LogP contribution in [0.15, 0.2) is 22.7 Å². The topological polar surface area (TPSA) is 35.2 Å². The van der Waals surface area contributed by atoms with Crippen molar-refractivity contribution in [1.82, 2.24) is 0 Å². The monoisotopic (exact) mass is 263 g/mol. The number of benzene rings is 1. The Hall–Kier alpha value is -0.680. The van der Waals surface area contributed by atoms with Gasteiger partial charge in [0.25, 0.3) is 0 Å². The van der Waals surface area contributed by atoms with E-state index in [0.29, 0.717) is 10.2 Å². The summed E-state index contributed by atoms with van der Waals surface area (Å²) in [5.41, 5.74) is 5.24. The Kier molecular flexibility index (Phi) is 3.62. The zero-order chi connectivity index (χ0) is 9.84. The first-order valence-electron chi connectivity index (χ1n) is 3.46. The van der Waals surface area contributed by atoms with Crippen molar-refractivity contribution < 1.29 is 9.13 Å². The van der Waals surface area contributed by atoms with Gasteiger partial charge in [-0.15, -0.1) is 0 Å². The summed E-state index contributed by atoms with van der Waals surface area (Å²) < 4.78 is 18.3. The van der Waals surface area contributed by atoms with Gasteiger partial charge in [0.05, 0.1) is 4.47 Å². The van der Waals surface area contributed by atoms with Crippen LogP contribution >= 0.6 is 28.1 Å². The maximum absolute atomic E-state index is 12.6. The maximum Gasteiger partial charge on any atom is 0.138 e. The first-order chi connectivity index (χ1) is 6.09. The molecule has 0 spiro atoms. The standard InChI is InChI=1S/C8H7BrFNOS/c9-6-3-5(10)1-2-7(6)12-4-8(11)13/h1-3H,4H2,(H2,11,13). The van der Waals surface area contributed by atoms with Crippen LogP contribution in [-0.4, -0.2) is 11.6 Å². The molecule has 2 nitrogen and oxygen atoms in total. The highest BCUT2D eigenvalue weighted by Gasteiger charge is 2.02. The summed E-state index contributed by atoms with van der Waals surface area (Å²) in [6, 6.07) is 4.13. The molecule has 0 aliphatic rings.